The number of rotatable bonds is 7. The van der Waals surface area contributed by atoms with E-state index >= 15 is 0 Å². The fraction of sp³-hybridized carbons (Fsp3) is 0.421. The van der Waals surface area contributed by atoms with Crippen LogP contribution in [0.15, 0.2) is 41.5 Å². The third-order valence-corrected chi connectivity index (χ3v) is 2.97. The Labute approximate surface area is 139 Å². The average Bonchev–Trinajstić information content (AvgIpc) is 2.50. The highest BCUT2D eigenvalue weighted by Crippen LogP contribution is 2.23. The molecule has 23 heavy (non-hydrogen) atoms. The lowest BCUT2D eigenvalue weighted by molar-refractivity contribution is 0.0693. The van der Waals surface area contributed by atoms with Gasteiger partial charge in [0, 0.05) is 0 Å². The van der Waals surface area contributed by atoms with Crippen molar-refractivity contribution in [2.45, 2.75) is 47.5 Å². The maximum atomic E-state index is 10.9. The Hall–Kier alpha value is -2.23. The largest absolute Gasteiger partial charge is 0.507 e. The number of allylic oxidation sites excluding steroid dienone is 3. The first-order valence-corrected chi connectivity index (χ1v) is 7.88. The summed E-state index contributed by atoms with van der Waals surface area (Å²) in [4.78, 5) is 10.9. The first kappa shape index (κ1) is 20.8. The normalized spacial score (nSPS) is 10.4. The summed E-state index contributed by atoms with van der Waals surface area (Å²) in [6.45, 7) is 10.6. The summed E-state index contributed by atoms with van der Waals surface area (Å²) < 4.78 is 5.48. The van der Waals surface area contributed by atoms with Crippen LogP contribution in [0.25, 0.3) is 0 Å². The molecule has 0 amide bonds. The Morgan fingerprint density at radius 3 is 2.39 bits per heavy atom. The van der Waals surface area contributed by atoms with E-state index in [1.54, 1.807) is 6.07 Å². The van der Waals surface area contributed by atoms with Gasteiger partial charge in [-0.3, -0.25) is 0 Å². The second kappa shape index (κ2) is 11.4. The minimum Gasteiger partial charge on any atom is -0.507 e. The van der Waals surface area contributed by atoms with Crippen molar-refractivity contribution in [3.05, 3.63) is 47.1 Å². The van der Waals surface area contributed by atoms with Gasteiger partial charge in [-0.15, -0.1) is 0 Å². The highest BCUT2D eigenvalue weighted by atomic mass is 16.5. The van der Waals surface area contributed by atoms with Crippen LogP contribution in [0, 0.1) is 0 Å². The molecule has 0 saturated carbocycles. The number of carboxylic acids is 1. The lowest BCUT2D eigenvalue weighted by Crippen LogP contribution is -2.00. The van der Waals surface area contributed by atoms with E-state index in [4.69, 9.17) is 9.84 Å². The van der Waals surface area contributed by atoms with Gasteiger partial charge in [0.05, 0.1) is 0 Å². The first-order chi connectivity index (χ1) is 10.9. The molecule has 4 heteroatoms. The van der Waals surface area contributed by atoms with E-state index in [1.807, 2.05) is 26.8 Å². The molecular weight excluding hydrogens is 292 g/mol. The van der Waals surface area contributed by atoms with Crippen molar-refractivity contribution < 1.29 is 19.7 Å². The zero-order valence-electron chi connectivity index (χ0n) is 14.7. The van der Waals surface area contributed by atoms with E-state index in [2.05, 4.69) is 19.9 Å². The van der Waals surface area contributed by atoms with E-state index in [0.717, 1.165) is 12.8 Å². The number of hydrogen-bond acceptors (Lipinski definition) is 3. The molecule has 0 bridgehead atoms. The molecule has 1 rings (SSSR count). The van der Waals surface area contributed by atoms with Gasteiger partial charge in [0.2, 0.25) is 0 Å². The van der Waals surface area contributed by atoms with Crippen molar-refractivity contribution in [2.24, 2.45) is 0 Å². The molecule has 0 radical (unpaired) electrons. The van der Waals surface area contributed by atoms with Crippen LogP contribution in [0.2, 0.25) is 0 Å². The lowest BCUT2D eigenvalue weighted by atomic mass is 10.1. The third-order valence-electron chi connectivity index (χ3n) is 2.97. The molecule has 0 aliphatic carbocycles. The molecule has 128 valence electrons. The van der Waals surface area contributed by atoms with Gasteiger partial charge in [-0.2, -0.15) is 0 Å². The van der Waals surface area contributed by atoms with Crippen molar-refractivity contribution >= 4 is 5.97 Å². The van der Waals surface area contributed by atoms with Crippen molar-refractivity contribution in [2.75, 3.05) is 6.61 Å². The SMILES string of the molecule is CC.CC(C)=CCC/C(C)=C/COc1ccc(O)c(C(=O)O)c1. The molecule has 1 aromatic carbocycles. The molecule has 0 aliphatic rings. The number of benzene rings is 1. The van der Waals surface area contributed by atoms with Crippen LogP contribution in [-0.2, 0) is 0 Å². The summed E-state index contributed by atoms with van der Waals surface area (Å²) in [7, 11) is 0. The quantitative estimate of drug-likeness (QED) is 0.679. The molecule has 1 aromatic rings. The van der Waals surface area contributed by atoms with Crippen molar-refractivity contribution in [1.82, 2.24) is 0 Å². The highest BCUT2D eigenvalue weighted by molar-refractivity contribution is 5.91. The molecule has 0 atom stereocenters. The van der Waals surface area contributed by atoms with Crippen molar-refractivity contribution in [3.63, 3.8) is 0 Å². The minimum atomic E-state index is -1.17. The predicted molar refractivity (Wildman–Crippen MR) is 94.3 cm³/mol. The van der Waals surface area contributed by atoms with Gasteiger partial charge in [0.25, 0.3) is 0 Å². The molecule has 2 N–H and O–H groups in total. The first-order valence-electron chi connectivity index (χ1n) is 7.88. The number of aromatic carboxylic acids is 1. The molecule has 0 spiro atoms. The average molecular weight is 320 g/mol. The molecule has 0 aromatic heterocycles. The lowest BCUT2D eigenvalue weighted by Gasteiger charge is -2.06. The fourth-order valence-electron chi connectivity index (χ4n) is 1.75. The Bertz CT molecular complexity index is 552. The maximum absolute atomic E-state index is 10.9. The van der Waals surface area contributed by atoms with E-state index in [-0.39, 0.29) is 11.3 Å². The van der Waals surface area contributed by atoms with E-state index < -0.39 is 5.97 Å². The predicted octanol–water partition coefficient (Wildman–Crippen LogP) is 5.19. The molecule has 0 fully saturated rings. The van der Waals surface area contributed by atoms with E-state index in [9.17, 15) is 9.90 Å². The summed E-state index contributed by atoms with van der Waals surface area (Å²) in [5.41, 5.74) is 2.38. The second-order valence-corrected chi connectivity index (χ2v) is 5.17. The number of carboxylic acid groups (broad SMARTS) is 1. The van der Waals surface area contributed by atoms with Crippen LogP contribution >= 0.6 is 0 Å². The van der Waals surface area contributed by atoms with Crippen LogP contribution in [0.1, 0.15) is 57.8 Å². The van der Waals surface area contributed by atoms with Crippen molar-refractivity contribution in [3.8, 4) is 11.5 Å². The zero-order chi connectivity index (χ0) is 17.8. The molecule has 0 unspecified atom stereocenters. The fourth-order valence-corrected chi connectivity index (χ4v) is 1.75. The molecule has 0 saturated heterocycles. The Morgan fingerprint density at radius 1 is 1.17 bits per heavy atom. The summed E-state index contributed by atoms with van der Waals surface area (Å²) in [6.07, 6.45) is 6.15. The van der Waals surface area contributed by atoms with Crippen LogP contribution < -0.4 is 4.74 Å². The number of phenols is 1. The number of carbonyl (C=O) groups is 1. The van der Waals surface area contributed by atoms with Gasteiger partial charge in [0.15, 0.2) is 0 Å². The standard InChI is InChI=1S/C17H22O4.C2H6/c1-12(2)5-4-6-13(3)9-10-21-14-7-8-16(18)15(11-14)17(19)20;1-2/h5,7-9,11,18H,4,6,10H2,1-3H3,(H,19,20);1-2H3/b13-9+;. The summed E-state index contributed by atoms with van der Waals surface area (Å²) in [5, 5.41) is 18.3. The Kier molecular flexibility index (Phi) is 10.3. The van der Waals surface area contributed by atoms with Crippen LogP contribution in [0.5, 0.6) is 11.5 Å². The molecule has 0 heterocycles. The van der Waals surface area contributed by atoms with Gasteiger partial charge < -0.3 is 14.9 Å². The maximum Gasteiger partial charge on any atom is 0.339 e. The van der Waals surface area contributed by atoms with Gasteiger partial charge in [-0.05, 0) is 57.9 Å². The van der Waals surface area contributed by atoms with Gasteiger partial charge in [0.1, 0.15) is 23.7 Å². The van der Waals surface area contributed by atoms with Gasteiger partial charge in [-0.1, -0.05) is 31.1 Å². The summed E-state index contributed by atoms with van der Waals surface area (Å²) in [6, 6.07) is 4.20. The van der Waals surface area contributed by atoms with Gasteiger partial charge in [-0.25, -0.2) is 4.79 Å². The summed E-state index contributed by atoms with van der Waals surface area (Å²) in [5.74, 6) is -1.01. The van der Waals surface area contributed by atoms with Crippen LogP contribution in [-0.4, -0.2) is 22.8 Å². The number of hydrogen-bond donors (Lipinski definition) is 2. The number of aromatic hydroxyl groups is 1. The number of ether oxygens (including phenoxy) is 1. The monoisotopic (exact) mass is 320 g/mol. The molecule has 4 nitrogen and oxygen atoms in total. The Balaban J connectivity index is 0.00000232. The third kappa shape index (κ3) is 8.71. The topological polar surface area (TPSA) is 66.8 Å². The zero-order valence-corrected chi connectivity index (χ0v) is 14.7. The van der Waals surface area contributed by atoms with Crippen LogP contribution in [0.3, 0.4) is 0 Å². The van der Waals surface area contributed by atoms with Crippen LogP contribution in [0.4, 0.5) is 0 Å². The smallest absolute Gasteiger partial charge is 0.339 e. The molecular formula is C19H28O4. The minimum absolute atomic E-state index is 0.156. The highest BCUT2D eigenvalue weighted by Gasteiger charge is 2.10. The molecule has 0 aliphatic heterocycles. The van der Waals surface area contributed by atoms with E-state index in [0.29, 0.717) is 12.4 Å². The van der Waals surface area contributed by atoms with E-state index in [1.165, 1.54) is 23.3 Å². The second-order valence-electron chi connectivity index (χ2n) is 5.17. The van der Waals surface area contributed by atoms with Gasteiger partial charge >= 0.3 is 5.97 Å². The Morgan fingerprint density at radius 2 is 1.83 bits per heavy atom. The summed E-state index contributed by atoms with van der Waals surface area (Å²) >= 11 is 0. The van der Waals surface area contributed by atoms with Crippen molar-refractivity contribution in [1.29, 1.82) is 0 Å².